The number of nitrogens with two attached hydrogens (primary N) is 1. The van der Waals surface area contributed by atoms with E-state index in [-0.39, 0.29) is 11.5 Å². The first-order valence-corrected chi connectivity index (χ1v) is 11.4. The summed E-state index contributed by atoms with van der Waals surface area (Å²) in [5, 5.41) is 13.9. The van der Waals surface area contributed by atoms with Crippen LogP contribution in [0.3, 0.4) is 0 Å². The van der Waals surface area contributed by atoms with Crippen molar-refractivity contribution < 1.29 is 28.1 Å². The van der Waals surface area contributed by atoms with Gasteiger partial charge in [-0.3, -0.25) is 10.1 Å². The van der Waals surface area contributed by atoms with E-state index in [1.54, 1.807) is 19.9 Å². The lowest BCUT2D eigenvalue weighted by atomic mass is 9.75. The molecule has 1 aliphatic heterocycles. The van der Waals surface area contributed by atoms with Crippen molar-refractivity contribution in [3.05, 3.63) is 80.9 Å². The highest BCUT2D eigenvalue weighted by atomic mass is 19.4. The first kappa shape index (κ1) is 25.2. The molecule has 0 unspecified atom stereocenters. The third kappa shape index (κ3) is 5.55. The van der Waals surface area contributed by atoms with Crippen molar-refractivity contribution in [2.45, 2.75) is 69.8 Å². The van der Waals surface area contributed by atoms with Crippen LogP contribution in [0.4, 0.5) is 13.2 Å². The molecule has 0 radical (unpaired) electrons. The largest absolute Gasteiger partial charge is 0.416 e. The summed E-state index contributed by atoms with van der Waals surface area (Å²) in [6.45, 7) is 5.91. The van der Waals surface area contributed by atoms with Crippen LogP contribution in [0.25, 0.3) is 0 Å². The summed E-state index contributed by atoms with van der Waals surface area (Å²) in [6, 6.07) is 13.7. The molecule has 2 aromatic rings. The number of nitrogens with zero attached hydrogens (tertiary/aromatic N) is 1. The molecule has 3 atom stereocenters. The molecular weight excluding hydrogens is 433 g/mol. The van der Waals surface area contributed by atoms with Gasteiger partial charge in [0.1, 0.15) is 18.7 Å². The first-order valence-electron chi connectivity index (χ1n) is 11.4. The summed E-state index contributed by atoms with van der Waals surface area (Å²) < 4.78 is 46.0. The van der Waals surface area contributed by atoms with Gasteiger partial charge in [0.2, 0.25) is 0 Å². The summed E-state index contributed by atoms with van der Waals surface area (Å²) in [5.74, 6) is 0. The van der Waals surface area contributed by atoms with Gasteiger partial charge in [0.25, 0.3) is 5.54 Å². The van der Waals surface area contributed by atoms with Crippen molar-refractivity contribution in [2.24, 2.45) is 0 Å². The molecule has 0 saturated carbocycles. The second-order valence-corrected chi connectivity index (χ2v) is 9.25. The third-order valence-electron chi connectivity index (χ3n) is 6.85. The maximum absolute atomic E-state index is 13.3. The van der Waals surface area contributed by atoms with Crippen molar-refractivity contribution in [2.75, 3.05) is 13.2 Å². The molecule has 1 fully saturated rings. The number of ether oxygens (including phenoxy) is 1. The van der Waals surface area contributed by atoms with E-state index in [1.165, 1.54) is 0 Å². The van der Waals surface area contributed by atoms with Gasteiger partial charge in [-0.25, -0.2) is 0 Å². The topological polar surface area (TPSA) is 69.0 Å². The van der Waals surface area contributed by atoms with Gasteiger partial charge in [0.05, 0.1) is 11.7 Å². The van der Waals surface area contributed by atoms with E-state index in [0.717, 1.165) is 24.1 Å². The SMILES string of the molecule is CCC[C@@]1([N+](=O)[O-])CC[C@@](CO[C@H](C)c2cc(C)cc(C(F)(F)F)c2)(c2ccccc2)[NH2+]C1. The standard InChI is InChI=1S/C25H31F3N2O3/c1-4-10-23(30(31)32)11-12-24(29-16-23,21-8-6-5-7-9-21)17-33-19(3)20-13-18(2)14-22(15-20)25(26,27)28/h5-9,13-15,19,29H,4,10-12,16-17H2,1-3H3/p+1/t19-,23-,24-/m1/s1. The zero-order chi connectivity index (χ0) is 24.3. The van der Waals surface area contributed by atoms with Gasteiger partial charge in [0, 0.05) is 29.7 Å². The number of aryl methyl sites for hydroxylation is 1. The lowest BCUT2D eigenvalue weighted by Gasteiger charge is -2.40. The van der Waals surface area contributed by atoms with E-state index in [4.69, 9.17) is 4.74 Å². The molecule has 5 nitrogen and oxygen atoms in total. The highest BCUT2D eigenvalue weighted by Gasteiger charge is 2.54. The number of quaternary nitrogens is 1. The van der Waals surface area contributed by atoms with Crippen LogP contribution in [0.5, 0.6) is 0 Å². The molecule has 1 aliphatic rings. The Morgan fingerprint density at radius 2 is 1.88 bits per heavy atom. The van der Waals surface area contributed by atoms with Crippen LogP contribution in [0, 0.1) is 17.0 Å². The van der Waals surface area contributed by atoms with Crippen molar-refractivity contribution in [3.63, 3.8) is 0 Å². The number of piperidine rings is 1. The summed E-state index contributed by atoms with van der Waals surface area (Å²) in [7, 11) is 0. The lowest BCUT2D eigenvalue weighted by Crippen LogP contribution is -3.01. The summed E-state index contributed by atoms with van der Waals surface area (Å²) in [4.78, 5) is 11.7. The quantitative estimate of drug-likeness (QED) is 0.433. The highest BCUT2D eigenvalue weighted by molar-refractivity contribution is 5.32. The molecule has 0 aliphatic carbocycles. The first-order chi connectivity index (χ1) is 15.5. The zero-order valence-corrected chi connectivity index (χ0v) is 19.3. The lowest BCUT2D eigenvalue weighted by molar-refractivity contribution is -0.788. The monoisotopic (exact) mass is 465 g/mol. The molecular formula is C25H32F3N2O3+. The highest BCUT2D eigenvalue weighted by Crippen LogP contribution is 2.36. The normalized spacial score (nSPS) is 24.4. The molecule has 2 N–H and O–H groups in total. The van der Waals surface area contributed by atoms with Crippen LogP contribution in [-0.4, -0.2) is 23.6 Å². The van der Waals surface area contributed by atoms with E-state index in [9.17, 15) is 23.3 Å². The van der Waals surface area contributed by atoms with Crippen molar-refractivity contribution in [3.8, 4) is 0 Å². The maximum atomic E-state index is 13.3. The maximum Gasteiger partial charge on any atom is 0.416 e. The van der Waals surface area contributed by atoms with Crippen LogP contribution in [0.15, 0.2) is 48.5 Å². The second-order valence-electron chi connectivity index (χ2n) is 9.25. The minimum Gasteiger partial charge on any atom is -0.367 e. The van der Waals surface area contributed by atoms with Crippen LogP contribution in [0.1, 0.15) is 67.9 Å². The molecule has 0 aromatic heterocycles. The van der Waals surface area contributed by atoms with Gasteiger partial charge in [-0.05, 0) is 38.0 Å². The number of alkyl halides is 3. The van der Waals surface area contributed by atoms with Gasteiger partial charge >= 0.3 is 6.18 Å². The predicted octanol–water partition coefficient (Wildman–Crippen LogP) is 5.16. The molecule has 1 saturated heterocycles. The van der Waals surface area contributed by atoms with Gasteiger partial charge in [0.15, 0.2) is 0 Å². The smallest absolute Gasteiger partial charge is 0.367 e. The molecule has 1 heterocycles. The Balaban J connectivity index is 1.84. The van der Waals surface area contributed by atoms with E-state index >= 15 is 0 Å². The Bertz CT molecular complexity index is 955. The fraction of sp³-hybridized carbons (Fsp3) is 0.520. The second kappa shape index (κ2) is 9.81. The van der Waals surface area contributed by atoms with Gasteiger partial charge in [-0.2, -0.15) is 13.2 Å². The predicted molar refractivity (Wildman–Crippen MR) is 119 cm³/mol. The Kier molecular flexibility index (Phi) is 7.49. The van der Waals surface area contributed by atoms with Crippen molar-refractivity contribution >= 4 is 0 Å². The van der Waals surface area contributed by atoms with E-state index in [0.29, 0.717) is 36.9 Å². The average Bonchev–Trinajstić information content (AvgIpc) is 2.78. The van der Waals surface area contributed by atoms with Gasteiger partial charge < -0.3 is 10.1 Å². The van der Waals surface area contributed by atoms with Crippen LogP contribution >= 0.6 is 0 Å². The Hall–Kier alpha value is -2.45. The summed E-state index contributed by atoms with van der Waals surface area (Å²) in [5.41, 5.74) is -0.188. The Morgan fingerprint density at radius 3 is 2.42 bits per heavy atom. The fourth-order valence-corrected chi connectivity index (χ4v) is 4.82. The molecule has 180 valence electrons. The van der Waals surface area contributed by atoms with E-state index in [2.05, 4.69) is 0 Å². The van der Waals surface area contributed by atoms with Crippen molar-refractivity contribution in [1.29, 1.82) is 0 Å². The molecule has 0 bridgehead atoms. The number of benzene rings is 2. The number of rotatable bonds is 8. The minimum absolute atomic E-state index is 0.142. The van der Waals surface area contributed by atoms with Gasteiger partial charge in [-0.15, -0.1) is 0 Å². The summed E-state index contributed by atoms with van der Waals surface area (Å²) in [6.07, 6.45) is -2.75. The molecule has 3 rings (SSSR count). The van der Waals surface area contributed by atoms with E-state index < -0.39 is 28.9 Å². The number of nitro groups is 1. The molecule has 8 heteroatoms. The zero-order valence-electron chi connectivity index (χ0n) is 19.3. The van der Waals surface area contributed by atoms with Crippen LogP contribution < -0.4 is 5.32 Å². The molecule has 33 heavy (non-hydrogen) atoms. The minimum atomic E-state index is -4.42. The van der Waals surface area contributed by atoms with E-state index in [1.807, 2.05) is 42.6 Å². The average molecular weight is 466 g/mol. The molecule has 0 amide bonds. The third-order valence-corrected chi connectivity index (χ3v) is 6.85. The Labute approximate surface area is 192 Å². The Morgan fingerprint density at radius 1 is 1.18 bits per heavy atom. The number of hydrogen-bond acceptors (Lipinski definition) is 3. The number of halogens is 3. The molecule has 2 aromatic carbocycles. The van der Waals surface area contributed by atoms with Crippen LogP contribution in [0.2, 0.25) is 0 Å². The fourth-order valence-electron chi connectivity index (χ4n) is 4.82. The molecule has 0 spiro atoms. The summed E-state index contributed by atoms with van der Waals surface area (Å²) >= 11 is 0. The number of hydrogen-bond donors (Lipinski definition) is 1. The van der Waals surface area contributed by atoms with Crippen LogP contribution in [-0.2, 0) is 16.5 Å². The van der Waals surface area contributed by atoms with Crippen molar-refractivity contribution in [1.82, 2.24) is 0 Å². The van der Waals surface area contributed by atoms with Gasteiger partial charge in [-0.1, -0.05) is 48.9 Å².